The van der Waals surface area contributed by atoms with E-state index >= 15 is 0 Å². The van der Waals surface area contributed by atoms with Crippen molar-refractivity contribution in [1.29, 1.82) is 0 Å². The lowest BCUT2D eigenvalue weighted by Gasteiger charge is -2.27. The molecule has 0 atom stereocenters. The number of carbonyl (C=O) groups is 1. The van der Waals surface area contributed by atoms with E-state index in [1.54, 1.807) is 18.4 Å². The zero-order chi connectivity index (χ0) is 20.9. The summed E-state index contributed by atoms with van der Waals surface area (Å²) in [6, 6.07) is 8.29. The van der Waals surface area contributed by atoms with Crippen molar-refractivity contribution in [1.82, 2.24) is 15.2 Å². The van der Waals surface area contributed by atoms with Crippen molar-refractivity contribution in [3.8, 4) is 10.6 Å². The maximum atomic E-state index is 12.9. The van der Waals surface area contributed by atoms with Gasteiger partial charge in [0, 0.05) is 48.9 Å². The van der Waals surface area contributed by atoms with Gasteiger partial charge in [-0.1, -0.05) is 23.5 Å². The molecule has 0 spiro atoms. The van der Waals surface area contributed by atoms with Gasteiger partial charge < -0.3 is 4.74 Å². The van der Waals surface area contributed by atoms with Crippen molar-refractivity contribution in [3.05, 3.63) is 41.2 Å². The molecule has 1 aromatic carbocycles. The largest absolute Gasteiger partial charge is 0.385 e. The minimum Gasteiger partial charge on any atom is -0.385 e. The van der Waals surface area contributed by atoms with Gasteiger partial charge in [-0.05, 0) is 68.9 Å². The second-order valence-corrected chi connectivity index (χ2v) is 9.54. The molecule has 1 fully saturated rings. The lowest BCUT2D eigenvalue weighted by molar-refractivity contribution is -0.123. The van der Waals surface area contributed by atoms with Crippen LogP contribution in [0.15, 0.2) is 30.5 Å². The summed E-state index contributed by atoms with van der Waals surface area (Å²) in [7, 11) is 1.76. The number of ether oxygens (including phenoxy) is 1. The highest BCUT2D eigenvalue weighted by Gasteiger charge is 2.26. The minimum absolute atomic E-state index is 0.192. The van der Waals surface area contributed by atoms with Crippen LogP contribution < -0.4 is 0 Å². The quantitative estimate of drug-likeness (QED) is 0.454. The fraction of sp³-hybridized carbons (Fsp3) is 0.500. The summed E-state index contributed by atoms with van der Waals surface area (Å²) in [6.45, 7) is 2.80. The Hall–Kier alpha value is -2.18. The molecule has 30 heavy (non-hydrogen) atoms. The summed E-state index contributed by atoms with van der Waals surface area (Å²) in [5.74, 6) is 1.29. The maximum Gasteiger partial charge on any atom is 0.147 e. The summed E-state index contributed by atoms with van der Waals surface area (Å²) in [5, 5.41) is 12.4. The van der Waals surface area contributed by atoms with Gasteiger partial charge in [-0.15, -0.1) is 10.2 Å². The van der Waals surface area contributed by atoms with Gasteiger partial charge in [0.25, 0.3) is 0 Å². The first-order valence-electron chi connectivity index (χ1n) is 10.8. The summed E-state index contributed by atoms with van der Waals surface area (Å²) in [5.41, 5.74) is 1.92. The molecule has 4 rings (SSSR count). The molecule has 0 aliphatic heterocycles. The summed E-state index contributed by atoms with van der Waals surface area (Å²) in [4.78, 5) is 17.4. The number of hydrogen-bond donors (Lipinski definition) is 0. The van der Waals surface area contributed by atoms with E-state index in [0.29, 0.717) is 12.2 Å². The van der Waals surface area contributed by atoms with Crippen molar-refractivity contribution in [2.24, 2.45) is 11.8 Å². The number of Topliss-reactive ketones (excluding diaryl/α,β-unsaturated/α-hetero) is 1. The van der Waals surface area contributed by atoms with Crippen LogP contribution in [-0.4, -0.2) is 34.7 Å². The Kier molecular flexibility index (Phi) is 6.85. The molecule has 1 aliphatic rings. The van der Waals surface area contributed by atoms with Crippen molar-refractivity contribution in [2.75, 3.05) is 13.7 Å². The van der Waals surface area contributed by atoms with Crippen LogP contribution in [0, 0.1) is 18.8 Å². The monoisotopic (exact) mass is 423 g/mol. The third-order valence-electron chi connectivity index (χ3n) is 6.17. The average Bonchev–Trinajstić information content (AvgIpc) is 3.20. The minimum atomic E-state index is 0.192. The van der Waals surface area contributed by atoms with Gasteiger partial charge in [-0.2, -0.15) is 0 Å². The first-order valence-corrected chi connectivity index (χ1v) is 11.6. The molecule has 158 valence electrons. The third-order valence-corrected chi connectivity index (χ3v) is 7.06. The SMILES string of the molecule is COCCCC1CCC(C(=O)Cc2cc3cc(-c4nnc(C)s4)ccc3cn2)CC1. The molecule has 0 radical (unpaired) electrons. The number of hydrogen-bond acceptors (Lipinski definition) is 6. The molecule has 2 heterocycles. The average molecular weight is 424 g/mol. The molecule has 0 saturated heterocycles. The maximum absolute atomic E-state index is 12.9. The van der Waals surface area contributed by atoms with Crippen LogP contribution in [-0.2, 0) is 16.0 Å². The number of fused-ring (bicyclic) bond motifs is 1. The topological polar surface area (TPSA) is 65.0 Å². The zero-order valence-electron chi connectivity index (χ0n) is 17.8. The number of carbonyl (C=O) groups excluding carboxylic acids is 1. The van der Waals surface area contributed by atoms with Gasteiger partial charge in [-0.3, -0.25) is 9.78 Å². The van der Waals surface area contributed by atoms with Crippen LogP contribution in [0.5, 0.6) is 0 Å². The number of rotatable bonds is 8. The van der Waals surface area contributed by atoms with Gasteiger partial charge in [0.05, 0.1) is 0 Å². The number of benzene rings is 1. The highest BCUT2D eigenvalue weighted by molar-refractivity contribution is 7.14. The molecular weight excluding hydrogens is 394 g/mol. The lowest BCUT2D eigenvalue weighted by Crippen LogP contribution is -2.23. The van der Waals surface area contributed by atoms with Gasteiger partial charge >= 0.3 is 0 Å². The highest BCUT2D eigenvalue weighted by atomic mass is 32.1. The number of aryl methyl sites for hydroxylation is 1. The van der Waals surface area contributed by atoms with E-state index in [1.165, 1.54) is 6.42 Å². The predicted molar refractivity (Wildman–Crippen MR) is 121 cm³/mol. The molecule has 3 aromatic rings. The van der Waals surface area contributed by atoms with E-state index in [9.17, 15) is 4.79 Å². The Labute approximate surface area is 181 Å². The standard InChI is InChI=1S/C24H29N3O2S/c1-16-26-27-24(30-16)19-9-10-20-15-25-22(13-21(20)12-19)14-23(28)18-7-5-17(6-8-18)4-3-11-29-2/h9-10,12-13,15,17-18H,3-8,11,14H2,1-2H3. The molecule has 0 N–H and O–H groups in total. The number of pyridine rings is 1. The van der Waals surface area contributed by atoms with Gasteiger partial charge in [0.2, 0.25) is 0 Å². The Balaban J connectivity index is 1.39. The van der Waals surface area contributed by atoms with Crippen LogP contribution in [0.3, 0.4) is 0 Å². The van der Waals surface area contributed by atoms with Gasteiger partial charge in [0.15, 0.2) is 0 Å². The molecule has 1 saturated carbocycles. The van der Waals surface area contributed by atoms with Crippen LogP contribution in [0.25, 0.3) is 21.3 Å². The number of methoxy groups -OCH3 is 1. The molecule has 0 amide bonds. The van der Waals surface area contributed by atoms with E-state index in [4.69, 9.17) is 4.74 Å². The second-order valence-electron chi connectivity index (χ2n) is 8.36. The lowest BCUT2D eigenvalue weighted by atomic mass is 9.77. The smallest absolute Gasteiger partial charge is 0.147 e. The fourth-order valence-corrected chi connectivity index (χ4v) is 5.13. The summed E-state index contributed by atoms with van der Waals surface area (Å²) in [6.07, 6.45) is 9.01. The molecule has 6 heteroatoms. The van der Waals surface area contributed by atoms with E-state index in [-0.39, 0.29) is 5.92 Å². The fourth-order valence-electron chi connectivity index (χ4n) is 4.44. The Morgan fingerprint density at radius 1 is 1.13 bits per heavy atom. The van der Waals surface area contributed by atoms with E-state index in [1.807, 2.05) is 13.1 Å². The van der Waals surface area contributed by atoms with Crippen LogP contribution in [0.1, 0.15) is 49.2 Å². The first kappa shape index (κ1) is 21.1. The summed E-state index contributed by atoms with van der Waals surface area (Å²) >= 11 is 1.59. The predicted octanol–water partition coefficient (Wildman–Crippen LogP) is 5.41. The molecule has 0 bridgehead atoms. The molecule has 2 aromatic heterocycles. The van der Waals surface area contributed by atoms with Crippen molar-refractivity contribution in [2.45, 2.75) is 51.9 Å². The van der Waals surface area contributed by atoms with Crippen molar-refractivity contribution < 1.29 is 9.53 Å². The normalized spacial score (nSPS) is 19.3. The van der Waals surface area contributed by atoms with E-state index in [0.717, 1.165) is 76.7 Å². The van der Waals surface area contributed by atoms with E-state index in [2.05, 4.69) is 39.4 Å². The number of aromatic nitrogens is 3. The Bertz CT molecular complexity index is 1010. The number of nitrogens with zero attached hydrogens (tertiary/aromatic N) is 3. The summed E-state index contributed by atoms with van der Waals surface area (Å²) < 4.78 is 5.16. The highest BCUT2D eigenvalue weighted by Crippen LogP contribution is 2.33. The Morgan fingerprint density at radius 3 is 2.70 bits per heavy atom. The second kappa shape index (κ2) is 9.75. The molecule has 1 aliphatic carbocycles. The Morgan fingerprint density at radius 2 is 1.97 bits per heavy atom. The molecular formula is C24H29N3O2S. The molecule has 0 unspecified atom stereocenters. The molecule has 5 nitrogen and oxygen atoms in total. The zero-order valence-corrected chi connectivity index (χ0v) is 18.6. The van der Waals surface area contributed by atoms with E-state index < -0.39 is 0 Å². The first-order chi connectivity index (χ1) is 14.6. The van der Waals surface area contributed by atoms with Crippen molar-refractivity contribution >= 4 is 27.9 Å². The van der Waals surface area contributed by atoms with Crippen LogP contribution in [0.2, 0.25) is 0 Å². The van der Waals surface area contributed by atoms with Gasteiger partial charge in [-0.25, -0.2) is 0 Å². The van der Waals surface area contributed by atoms with Crippen LogP contribution >= 0.6 is 11.3 Å². The third kappa shape index (κ3) is 5.10. The van der Waals surface area contributed by atoms with Crippen LogP contribution in [0.4, 0.5) is 0 Å². The van der Waals surface area contributed by atoms with Crippen molar-refractivity contribution in [3.63, 3.8) is 0 Å². The number of ketones is 1. The van der Waals surface area contributed by atoms with Gasteiger partial charge in [0.1, 0.15) is 15.8 Å².